The SMILES string of the molecule is C[C@H]([NH2+][C@H]1CCCc2ccccc21)C(=O)N1CCNC1=O. The van der Waals surface area contributed by atoms with Crippen molar-refractivity contribution < 1.29 is 14.9 Å². The maximum absolute atomic E-state index is 12.4. The van der Waals surface area contributed by atoms with Gasteiger partial charge >= 0.3 is 6.03 Å². The first-order valence-electron chi connectivity index (χ1n) is 7.69. The van der Waals surface area contributed by atoms with Gasteiger partial charge in [-0.1, -0.05) is 24.3 Å². The van der Waals surface area contributed by atoms with Gasteiger partial charge in [0.05, 0.1) is 0 Å². The molecule has 1 aromatic carbocycles. The Morgan fingerprint density at radius 3 is 3.00 bits per heavy atom. The van der Waals surface area contributed by atoms with Crippen LogP contribution >= 0.6 is 0 Å². The number of quaternary nitrogens is 1. The van der Waals surface area contributed by atoms with E-state index >= 15 is 0 Å². The summed E-state index contributed by atoms with van der Waals surface area (Å²) in [6, 6.07) is 8.30. The highest BCUT2D eigenvalue weighted by Crippen LogP contribution is 2.26. The Balaban J connectivity index is 1.69. The minimum atomic E-state index is -0.260. The van der Waals surface area contributed by atoms with E-state index in [1.807, 2.05) is 6.92 Å². The zero-order valence-electron chi connectivity index (χ0n) is 12.3. The van der Waals surface area contributed by atoms with Crippen LogP contribution in [0, 0.1) is 0 Å². The molecule has 2 aliphatic rings. The van der Waals surface area contributed by atoms with Crippen LogP contribution in [0.5, 0.6) is 0 Å². The minimum absolute atomic E-state index is 0.0898. The molecule has 1 aliphatic carbocycles. The molecule has 1 saturated heterocycles. The molecule has 2 atom stereocenters. The van der Waals surface area contributed by atoms with E-state index in [-0.39, 0.29) is 18.0 Å². The summed E-state index contributed by atoms with van der Waals surface area (Å²) in [6.07, 6.45) is 3.36. The van der Waals surface area contributed by atoms with Crippen LogP contribution in [0.25, 0.3) is 0 Å². The number of nitrogens with zero attached hydrogens (tertiary/aromatic N) is 1. The van der Waals surface area contributed by atoms with Crippen LogP contribution in [-0.2, 0) is 11.2 Å². The van der Waals surface area contributed by atoms with Gasteiger partial charge in [0.1, 0.15) is 6.04 Å². The van der Waals surface area contributed by atoms with E-state index in [9.17, 15) is 9.59 Å². The summed E-state index contributed by atoms with van der Waals surface area (Å²) < 4.78 is 0. The van der Waals surface area contributed by atoms with Crippen molar-refractivity contribution in [2.24, 2.45) is 0 Å². The normalized spacial score (nSPS) is 22.6. The third-order valence-corrected chi connectivity index (χ3v) is 4.45. The Labute approximate surface area is 124 Å². The van der Waals surface area contributed by atoms with Crippen molar-refractivity contribution in [2.75, 3.05) is 13.1 Å². The average Bonchev–Trinajstić information content (AvgIpc) is 2.93. The summed E-state index contributed by atoms with van der Waals surface area (Å²) in [5.41, 5.74) is 2.73. The van der Waals surface area contributed by atoms with E-state index in [1.54, 1.807) is 0 Å². The van der Waals surface area contributed by atoms with Crippen LogP contribution < -0.4 is 10.6 Å². The van der Waals surface area contributed by atoms with E-state index in [0.29, 0.717) is 19.1 Å². The number of carbonyl (C=O) groups is 2. The lowest BCUT2D eigenvalue weighted by Gasteiger charge is -2.26. The third-order valence-electron chi connectivity index (χ3n) is 4.45. The van der Waals surface area contributed by atoms with E-state index in [4.69, 9.17) is 0 Å². The number of imide groups is 1. The number of nitrogens with one attached hydrogen (secondary N) is 1. The molecule has 5 nitrogen and oxygen atoms in total. The number of fused-ring (bicyclic) bond motifs is 1. The standard InChI is InChI=1S/C16H21N3O2/c1-11(15(20)19-10-9-17-16(19)21)18-14-8-4-6-12-5-2-3-7-13(12)14/h2-3,5,7,11,14,18H,4,6,8-10H2,1H3,(H,17,21)/p+1/t11-,14-/m0/s1. The van der Waals surface area contributed by atoms with Gasteiger partial charge in [-0.2, -0.15) is 0 Å². The Bertz CT molecular complexity index is 558. The van der Waals surface area contributed by atoms with Crippen LogP contribution in [0.4, 0.5) is 4.79 Å². The molecular weight excluding hydrogens is 266 g/mol. The predicted octanol–water partition coefficient (Wildman–Crippen LogP) is 0.568. The van der Waals surface area contributed by atoms with Crippen molar-refractivity contribution in [3.63, 3.8) is 0 Å². The fourth-order valence-electron chi connectivity index (χ4n) is 3.35. The monoisotopic (exact) mass is 288 g/mol. The van der Waals surface area contributed by atoms with Gasteiger partial charge in [-0.15, -0.1) is 0 Å². The Morgan fingerprint density at radius 2 is 2.24 bits per heavy atom. The number of hydrogen-bond acceptors (Lipinski definition) is 2. The first-order valence-corrected chi connectivity index (χ1v) is 7.69. The number of benzene rings is 1. The van der Waals surface area contributed by atoms with Crippen LogP contribution in [-0.4, -0.2) is 36.0 Å². The highest BCUT2D eigenvalue weighted by Gasteiger charge is 2.34. The van der Waals surface area contributed by atoms with E-state index < -0.39 is 0 Å². The summed E-state index contributed by atoms with van der Waals surface area (Å²) in [5, 5.41) is 4.79. The van der Waals surface area contributed by atoms with Crippen molar-refractivity contribution in [1.82, 2.24) is 10.2 Å². The summed E-state index contributed by atoms with van der Waals surface area (Å²) in [4.78, 5) is 25.3. The first kappa shape index (κ1) is 14.1. The van der Waals surface area contributed by atoms with Crippen molar-refractivity contribution in [2.45, 2.75) is 38.3 Å². The van der Waals surface area contributed by atoms with Gasteiger partial charge in [-0.3, -0.25) is 9.69 Å². The van der Waals surface area contributed by atoms with E-state index in [1.165, 1.54) is 16.0 Å². The second-order valence-electron chi connectivity index (χ2n) is 5.90. The van der Waals surface area contributed by atoms with Crippen molar-refractivity contribution in [3.8, 4) is 0 Å². The second-order valence-corrected chi connectivity index (χ2v) is 5.90. The molecule has 1 heterocycles. The van der Waals surface area contributed by atoms with Gasteiger partial charge in [-0.25, -0.2) is 4.79 Å². The van der Waals surface area contributed by atoms with Gasteiger partial charge < -0.3 is 10.6 Å². The average molecular weight is 288 g/mol. The predicted molar refractivity (Wildman–Crippen MR) is 78.6 cm³/mol. The number of urea groups is 1. The lowest BCUT2D eigenvalue weighted by molar-refractivity contribution is -0.715. The fourth-order valence-corrected chi connectivity index (χ4v) is 3.35. The summed E-state index contributed by atoms with van der Waals surface area (Å²) in [5.74, 6) is -0.0898. The first-order chi connectivity index (χ1) is 10.2. The molecule has 3 rings (SSSR count). The highest BCUT2D eigenvalue weighted by molar-refractivity contribution is 5.97. The van der Waals surface area contributed by atoms with Gasteiger partial charge in [0, 0.05) is 25.1 Å². The number of carbonyl (C=O) groups excluding carboxylic acids is 2. The molecule has 21 heavy (non-hydrogen) atoms. The molecule has 5 heteroatoms. The highest BCUT2D eigenvalue weighted by atomic mass is 16.2. The maximum Gasteiger partial charge on any atom is 0.324 e. The molecule has 0 radical (unpaired) electrons. The van der Waals surface area contributed by atoms with Gasteiger partial charge in [0.25, 0.3) is 5.91 Å². The number of amides is 3. The van der Waals surface area contributed by atoms with Crippen molar-refractivity contribution >= 4 is 11.9 Å². The van der Waals surface area contributed by atoms with Crippen LogP contribution in [0.2, 0.25) is 0 Å². The second kappa shape index (κ2) is 5.85. The maximum atomic E-state index is 12.4. The molecule has 112 valence electrons. The van der Waals surface area contributed by atoms with Gasteiger partial charge in [0.2, 0.25) is 0 Å². The lowest BCUT2D eigenvalue weighted by Crippen LogP contribution is -2.93. The van der Waals surface area contributed by atoms with Gasteiger partial charge in [-0.05, 0) is 25.3 Å². The largest absolute Gasteiger partial charge is 0.336 e. The summed E-state index contributed by atoms with van der Waals surface area (Å²) in [7, 11) is 0. The summed E-state index contributed by atoms with van der Waals surface area (Å²) in [6.45, 7) is 2.94. The Hall–Kier alpha value is -1.88. The quantitative estimate of drug-likeness (QED) is 0.854. The van der Waals surface area contributed by atoms with Gasteiger partial charge in [0.15, 0.2) is 6.04 Å². The molecule has 0 saturated carbocycles. The molecule has 0 bridgehead atoms. The number of aryl methyl sites for hydroxylation is 1. The molecule has 3 amide bonds. The zero-order valence-corrected chi connectivity index (χ0v) is 12.3. The fraction of sp³-hybridized carbons (Fsp3) is 0.500. The van der Waals surface area contributed by atoms with Crippen molar-refractivity contribution in [3.05, 3.63) is 35.4 Å². The molecule has 3 N–H and O–H groups in total. The third kappa shape index (κ3) is 2.78. The zero-order chi connectivity index (χ0) is 14.8. The number of nitrogens with two attached hydrogens (primary N) is 1. The molecule has 1 aromatic rings. The molecule has 1 fully saturated rings. The Morgan fingerprint density at radius 1 is 1.43 bits per heavy atom. The lowest BCUT2D eigenvalue weighted by atomic mass is 9.87. The minimum Gasteiger partial charge on any atom is -0.336 e. The van der Waals surface area contributed by atoms with Crippen LogP contribution in [0.15, 0.2) is 24.3 Å². The molecule has 0 aromatic heterocycles. The topological polar surface area (TPSA) is 66.0 Å². The van der Waals surface area contributed by atoms with E-state index in [2.05, 4.69) is 34.9 Å². The smallest absolute Gasteiger partial charge is 0.324 e. The molecular formula is C16H22N3O2+. The summed E-state index contributed by atoms with van der Waals surface area (Å²) >= 11 is 0. The van der Waals surface area contributed by atoms with Crippen molar-refractivity contribution in [1.29, 1.82) is 0 Å². The molecule has 0 unspecified atom stereocenters. The van der Waals surface area contributed by atoms with Crippen LogP contribution in [0.1, 0.15) is 36.9 Å². The number of hydrogen-bond donors (Lipinski definition) is 2. The number of rotatable bonds is 3. The Kier molecular flexibility index (Phi) is 3.92. The van der Waals surface area contributed by atoms with E-state index in [0.717, 1.165) is 19.3 Å². The molecule has 1 aliphatic heterocycles. The van der Waals surface area contributed by atoms with Crippen LogP contribution in [0.3, 0.4) is 0 Å². The molecule has 0 spiro atoms.